The van der Waals surface area contributed by atoms with Crippen molar-refractivity contribution in [3.05, 3.63) is 28.8 Å². The number of hydrogen-bond acceptors (Lipinski definition) is 3. The van der Waals surface area contributed by atoms with E-state index in [1.165, 1.54) is 0 Å². The average molecular weight is 230 g/mol. The summed E-state index contributed by atoms with van der Waals surface area (Å²) in [5.74, 6) is 0.880. The van der Waals surface area contributed by atoms with Crippen LogP contribution >= 0.6 is 23.4 Å². The minimum absolute atomic E-state index is 0.133. The van der Waals surface area contributed by atoms with E-state index in [0.717, 1.165) is 21.2 Å². The molecule has 2 rings (SSSR count). The molecule has 76 valence electrons. The van der Waals surface area contributed by atoms with E-state index in [1.54, 1.807) is 11.8 Å². The van der Waals surface area contributed by atoms with Crippen LogP contribution < -0.4 is 5.32 Å². The molecule has 0 spiro atoms. The van der Waals surface area contributed by atoms with Gasteiger partial charge in [-0.05, 0) is 24.7 Å². The molecule has 0 fully saturated rings. The highest BCUT2D eigenvalue weighted by Gasteiger charge is 2.27. The van der Waals surface area contributed by atoms with Crippen LogP contribution in [0.25, 0.3) is 0 Å². The van der Waals surface area contributed by atoms with Gasteiger partial charge in [0.05, 0.1) is 6.10 Å². The Bertz CT molecular complexity index is 345. The first-order valence-electron chi connectivity index (χ1n) is 4.50. The zero-order valence-corrected chi connectivity index (χ0v) is 9.40. The highest BCUT2D eigenvalue weighted by molar-refractivity contribution is 7.99. The summed E-state index contributed by atoms with van der Waals surface area (Å²) in [5.41, 5.74) is 0.977. The summed E-state index contributed by atoms with van der Waals surface area (Å²) in [7, 11) is 1.87. The summed E-state index contributed by atoms with van der Waals surface area (Å²) in [6.07, 6.45) is -0.423. The lowest BCUT2D eigenvalue weighted by Gasteiger charge is -2.29. The van der Waals surface area contributed by atoms with Crippen LogP contribution in [0.1, 0.15) is 11.7 Å². The minimum atomic E-state index is -0.423. The molecule has 1 aliphatic heterocycles. The first-order chi connectivity index (χ1) is 6.72. The van der Waals surface area contributed by atoms with Gasteiger partial charge >= 0.3 is 0 Å². The van der Waals surface area contributed by atoms with E-state index in [9.17, 15) is 5.11 Å². The Balaban J connectivity index is 2.36. The molecule has 1 aliphatic rings. The number of aliphatic hydroxyl groups is 1. The van der Waals surface area contributed by atoms with Crippen LogP contribution in [0.2, 0.25) is 5.02 Å². The van der Waals surface area contributed by atoms with Gasteiger partial charge in [0, 0.05) is 21.7 Å². The third kappa shape index (κ3) is 1.77. The van der Waals surface area contributed by atoms with Crippen LogP contribution in [0.4, 0.5) is 0 Å². The second kappa shape index (κ2) is 4.11. The first kappa shape index (κ1) is 10.3. The molecule has 14 heavy (non-hydrogen) atoms. The van der Waals surface area contributed by atoms with Gasteiger partial charge in [-0.3, -0.25) is 0 Å². The molecule has 0 amide bonds. The van der Waals surface area contributed by atoms with Crippen molar-refractivity contribution in [3.63, 3.8) is 0 Å². The molecule has 0 aliphatic carbocycles. The van der Waals surface area contributed by atoms with Gasteiger partial charge in [-0.15, -0.1) is 11.8 Å². The lowest BCUT2D eigenvalue weighted by atomic mass is 10.0. The maximum absolute atomic E-state index is 9.99. The van der Waals surface area contributed by atoms with Crippen molar-refractivity contribution >= 4 is 23.4 Å². The number of thioether (sulfide) groups is 1. The zero-order chi connectivity index (χ0) is 10.1. The van der Waals surface area contributed by atoms with Gasteiger partial charge in [-0.25, -0.2) is 0 Å². The Hall–Kier alpha value is -0.220. The Morgan fingerprint density at radius 3 is 3.07 bits per heavy atom. The molecule has 2 unspecified atom stereocenters. The maximum Gasteiger partial charge on any atom is 0.0961 e. The standard InChI is InChI=1S/C10H12ClNOS/c1-12-8-5-14-9-4-6(11)2-3-7(9)10(8)13/h2-4,8,10,12-13H,5H2,1H3. The summed E-state index contributed by atoms with van der Waals surface area (Å²) in [4.78, 5) is 1.09. The predicted octanol–water partition coefficient (Wildman–Crippen LogP) is 2.07. The zero-order valence-electron chi connectivity index (χ0n) is 7.83. The number of benzene rings is 1. The number of fused-ring (bicyclic) bond motifs is 1. The van der Waals surface area contributed by atoms with Crippen molar-refractivity contribution in [2.75, 3.05) is 12.8 Å². The molecule has 2 nitrogen and oxygen atoms in total. The summed E-state index contributed by atoms with van der Waals surface area (Å²) in [5, 5.41) is 13.8. The summed E-state index contributed by atoms with van der Waals surface area (Å²) < 4.78 is 0. The molecule has 1 heterocycles. The van der Waals surface area contributed by atoms with Crippen molar-refractivity contribution in [1.82, 2.24) is 5.32 Å². The largest absolute Gasteiger partial charge is 0.387 e. The fraction of sp³-hybridized carbons (Fsp3) is 0.400. The first-order valence-corrected chi connectivity index (χ1v) is 5.86. The predicted molar refractivity (Wildman–Crippen MR) is 60.0 cm³/mol. The minimum Gasteiger partial charge on any atom is -0.387 e. The van der Waals surface area contributed by atoms with Crippen molar-refractivity contribution in [3.8, 4) is 0 Å². The number of nitrogens with one attached hydrogen (secondary N) is 1. The highest BCUT2D eigenvalue weighted by Crippen LogP contribution is 2.37. The van der Waals surface area contributed by atoms with Gasteiger partial charge in [-0.2, -0.15) is 0 Å². The molecule has 0 radical (unpaired) electrons. The van der Waals surface area contributed by atoms with Crippen molar-refractivity contribution in [2.45, 2.75) is 17.0 Å². The van der Waals surface area contributed by atoms with Crippen molar-refractivity contribution in [1.29, 1.82) is 0 Å². The lowest BCUT2D eigenvalue weighted by molar-refractivity contribution is 0.137. The molecule has 2 atom stereocenters. The molecular weight excluding hydrogens is 218 g/mol. The number of hydrogen-bond donors (Lipinski definition) is 2. The number of rotatable bonds is 1. The Kier molecular flexibility index (Phi) is 3.02. The average Bonchev–Trinajstić information content (AvgIpc) is 2.18. The highest BCUT2D eigenvalue weighted by atomic mass is 35.5. The second-order valence-corrected chi connectivity index (χ2v) is 4.83. The van der Waals surface area contributed by atoms with Crippen LogP contribution in [0, 0.1) is 0 Å². The normalized spacial score (nSPS) is 25.9. The van der Waals surface area contributed by atoms with E-state index in [-0.39, 0.29) is 6.04 Å². The summed E-state index contributed by atoms with van der Waals surface area (Å²) in [6, 6.07) is 5.77. The third-order valence-electron chi connectivity index (χ3n) is 2.46. The van der Waals surface area contributed by atoms with Crippen LogP contribution in [0.5, 0.6) is 0 Å². The Labute approximate surface area is 92.7 Å². The van der Waals surface area contributed by atoms with E-state index in [0.29, 0.717) is 0 Å². The van der Waals surface area contributed by atoms with Gasteiger partial charge < -0.3 is 10.4 Å². The van der Waals surface area contributed by atoms with Gasteiger partial charge in [0.2, 0.25) is 0 Å². The molecule has 2 N–H and O–H groups in total. The van der Waals surface area contributed by atoms with E-state index in [4.69, 9.17) is 11.6 Å². The molecule has 0 saturated heterocycles. The van der Waals surface area contributed by atoms with E-state index in [1.807, 2.05) is 25.2 Å². The molecule has 4 heteroatoms. The van der Waals surface area contributed by atoms with Crippen LogP contribution in [0.15, 0.2) is 23.1 Å². The fourth-order valence-electron chi connectivity index (χ4n) is 1.61. The molecule has 0 aromatic heterocycles. The fourth-order valence-corrected chi connectivity index (χ4v) is 3.12. The van der Waals surface area contributed by atoms with Crippen LogP contribution in [-0.2, 0) is 0 Å². The Morgan fingerprint density at radius 1 is 1.57 bits per heavy atom. The smallest absolute Gasteiger partial charge is 0.0961 e. The summed E-state index contributed by atoms with van der Waals surface area (Å²) >= 11 is 7.62. The van der Waals surface area contributed by atoms with Gasteiger partial charge in [0.15, 0.2) is 0 Å². The van der Waals surface area contributed by atoms with E-state index >= 15 is 0 Å². The second-order valence-electron chi connectivity index (χ2n) is 3.33. The number of halogens is 1. The third-order valence-corrected chi connectivity index (χ3v) is 3.89. The Morgan fingerprint density at radius 2 is 2.36 bits per heavy atom. The van der Waals surface area contributed by atoms with Crippen molar-refractivity contribution in [2.24, 2.45) is 0 Å². The number of likely N-dealkylation sites (N-methyl/N-ethyl adjacent to an activating group) is 1. The van der Waals surface area contributed by atoms with Gasteiger partial charge in [0.25, 0.3) is 0 Å². The quantitative estimate of drug-likeness (QED) is 0.774. The maximum atomic E-state index is 9.99. The van der Waals surface area contributed by atoms with Crippen molar-refractivity contribution < 1.29 is 5.11 Å². The van der Waals surface area contributed by atoms with E-state index in [2.05, 4.69) is 5.32 Å². The van der Waals surface area contributed by atoms with Gasteiger partial charge in [-0.1, -0.05) is 17.7 Å². The molecule has 0 bridgehead atoms. The molecular formula is C10H12ClNOS. The monoisotopic (exact) mass is 229 g/mol. The topological polar surface area (TPSA) is 32.3 Å². The van der Waals surface area contributed by atoms with Crippen LogP contribution in [-0.4, -0.2) is 23.9 Å². The number of aliphatic hydroxyl groups excluding tert-OH is 1. The molecule has 1 aromatic carbocycles. The van der Waals surface area contributed by atoms with Crippen LogP contribution in [0.3, 0.4) is 0 Å². The molecule has 0 saturated carbocycles. The summed E-state index contributed by atoms with van der Waals surface area (Å²) in [6.45, 7) is 0. The SMILES string of the molecule is CNC1CSc2cc(Cl)ccc2C1O. The van der Waals surface area contributed by atoms with Gasteiger partial charge in [0.1, 0.15) is 0 Å². The molecule has 1 aromatic rings. The lowest BCUT2D eigenvalue weighted by Crippen LogP contribution is -2.36. The van der Waals surface area contributed by atoms with E-state index < -0.39 is 6.10 Å².